The van der Waals surface area contributed by atoms with Gasteiger partial charge in [0.1, 0.15) is 11.8 Å². The number of hydrogen-bond donors (Lipinski definition) is 1. The zero-order valence-corrected chi connectivity index (χ0v) is 10.6. The number of nitrogens with zero attached hydrogens (tertiary/aromatic N) is 1. The summed E-state index contributed by atoms with van der Waals surface area (Å²) in [4.78, 5) is 24.4. The van der Waals surface area contributed by atoms with E-state index in [1.54, 1.807) is 6.07 Å². The molecule has 100 valence electrons. The molecule has 0 aliphatic heterocycles. The zero-order valence-electron chi connectivity index (χ0n) is 10.6. The molecule has 2 rings (SSSR count). The lowest BCUT2D eigenvalue weighted by molar-refractivity contribution is -0.137. The van der Waals surface area contributed by atoms with Crippen molar-refractivity contribution in [2.24, 2.45) is 0 Å². The van der Waals surface area contributed by atoms with Crippen LogP contribution in [0.4, 0.5) is 0 Å². The molecular formula is C14H15NO4. The molecule has 5 heteroatoms. The minimum absolute atomic E-state index is 0.0602. The molecule has 0 radical (unpaired) electrons. The third-order valence-corrected chi connectivity index (χ3v) is 2.98. The summed E-state index contributed by atoms with van der Waals surface area (Å²) in [5, 5.41) is 9.44. The predicted octanol–water partition coefficient (Wildman–Crippen LogP) is 2.37. The van der Waals surface area contributed by atoms with Crippen LogP contribution in [-0.2, 0) is 4.79 Å². The monoisotopic (exact) mass is 261 g/mol. The number of carboxylic acids is 1. The number of rotatable bonds is 5. The van der Waals surface area contributed by atoms with Crippen molar-refractivity contribution in [3.8, 4) is 0 Å². The van der Waals surface area contributed by atoms with Gasteiger partial charge in [0.05, 0.1) is 12.0 Å². The van der Waals surface area contributed by atoms with Crippen LogP contribution in [0.15, 0.2) is 34.9 Å². The molecule has 1 N–H and O–H groups in total. The number of hydrogen-bond acceptors (Lipinski definition) is 3. The topological polar surface area (TPSA) is 70.8 Å². The number of amides is 1. The fraction of sp³-hybridized carbons (Fsp3) is 0.286. The minimum atomic E-state index is -0.914. The Morgan fingerprint density at radius 3 is 2.74 bits per heavy atom. The molecule has 0 spiro atoms. The summed E-state index contributed by atoms with van der Waals surface area (Å²) in [6.07, 6.45) is 1.37. The van der Waals surface area contributed by atoms with Crippen molar-refractivity contribution in [3.63, 3.8) is 0 Å². The van der Waals surface area contributed by atoms with E-state index in [4.69, 9.17) is 9.52 Å². The van der Waals surface area contributed by atoms with E-state index in [2.05, 4.69) is 0 Å². The highest BCUT2D eigenvalue weighted by atomic mass is 16.4. The molecular weight excluding hydrogens is 246 g/mol. The molecule has 0 unspecified atom stereocenters. The molecule has 1 aromatic carbocycles. The quantitative estimate of drug-likeness (QED) is 0.897. The van der Waals surface area contributed by atoms with Crippen LogP contribution in [0.25, 0.3) is 11.0 Å². The molecule has 2 aromatic rings. The molecule has 0 saturated heterocycles. The summed E-state index contributed by atoms with van der Waals surface area (Å²) < 4.78 is 5.33. The van der Waals surface area contributed by atoms with Crippen LogP contribution in [0, 0.1) is 0 Å². The van der Waals surface area contributed by atoms with Crippen LogP contribution in [0.2, 0.25) is 0 Å². The van der Waals surface area contributed by atoms with Gasteiger partial charge < -0.3 is 14.4 Å². The number of benzene rings is 1. The maximum atomic E-state index is 12.3. The first kappa shape index (κ1) is 13.1. The number of para-hydroxylation sites is 1. The number of carboxylic acid groups (broad SMARTS) is 1. The second-order valence-electron chi connectivity index (χ2n) is 4.17. The van der Waals surface area contributed by atoms with Crippen LogP contribution < -0.4 is 0 Å². The molecule has 0 fully saturated rings. The molecule has 19 heavy (non-hydrogen) atoms. The van der Waals surface area contributed by atoms with Gasteiger partial charge in [-0.3, -0.25) is 9.59 Å². The second-order valence-corrected chi connectivity index (χ2v) is 4.17. The van der Waals surface area contributed by atoms with Crippen LogP contribution in [0.3, 0.4) is 0 Å². The van der Waals surface area contributed by atoms with Crippen molar-refractivity contribution in [2.75, 3.05) is 13.1 Å². The molecule has 1 amide bonds. The van der Waals surface area contributed by atoms with Gasteiger partial charge in [-0.15, -0.1) is 0 Å². The van der Waals surface area contributed by atoms with E-state index >= 15 is 0 Å². The Kier molecular flexibility index (Phi) is 3.85. The summed E-state index contributed by atoms with van der Waals surface area (Å²) in [7, 11) is 0. The van der Waals surface area contributed by atoms with Crippen LogP contribution in [0.1, 0.15) is 23.7 Å². The Hall–Kier alpha value is -2.30. The first-order valence-electron chi connectivity index (χ1n) is 6.10. The van der Waals surface area contributed by atoms with Crippen molar-refractivity contribution in [1.82, 2.24) is 4.90 Å². The van der Waals surface area contributed by atoms with E-state index in [0.717, 1.165) is 5.39 Å². The van der Waals surface area contributed by atoms with Crippen molar-refractivity contribution in [3.05, 3.63) is 36.1 Å². The Morgan fingerprint density at radius 2 is 2.05 bits per heavy atom. The molecule has 0 saturated carbocycles. The third kappa shape index (κ3) is 2.76. The van der Waals surface area contributed by atoms with E-state index in [1.165, 1.54) is 11.2 Å². The van der Waals surface area contributed by atoms with Gasteiger partial charge in [0.2, 0.25) is 0 Å². The first-order chi connectivity index (χ1) is 9.13. The highest BCUT2D eigenvalue weighted by molar-refractivity contribution is 6.05. The maximum Gasteiger partial charge on any atom is 0.305 e. The standard InChI is InChI=1S/C14H15NO4/c1-2-15(8-7-13(16)17)14(18)11-9-19-12-6-4-3-5-10(11)12/h3-6,9H,2,7-8H2,1H3,(H,16,17). The van der Waals surface area contributed by atoms with E-state index in [0.29, 0.717) is 17.7 Å². The van der Waals surface area contributed by atoms with Crippen molar-refractivity contribution in [2.45, 2.75) is 13.3 Å². The average Bonchev–Trinajstić information content (AvgIpc) is 2.82. The van der Waals surface area contributed by atoms with Gasteiger partial charge in [0.25, 0.3) is 5.91 Å². The van der Waals surface area contributed by atoms with E-state index < -0.39 is 5.97 Å². The Morgan fingerprint density at radius 1 is 1.32 bits per heavy atom. The number of aliphatic carboxylic acids is 1. The Balaban J connectivity index is 2.24. The number of fused-ring (bicyclic) bond motifs is 1. The molecule has 0 bridgehead atoms. The normalized spacial score (nSPS) is 10.6. The van der Waals surface area contributed by atoms with Crippen molar-refractivity contribution < 1.29 is 19.1 Å². The fourth-order valence-electron chi connectivity index (χ4n) is 1.95. The predicted molar refractivity (Wildman–Crippen MR) is 70.0 cm³/mol. The van der Waals surface area contributed by atoms with Gasteiger partial charge in [0, 0.05) is 18.5 Å². The van der Waals surface area contributed by atoms with Crippen LogP contribution >= 0.6 is 0 Å². The van der Waals surface area contributed by atoms with Gasteiger partial charge in [-0.2, -0.15) is 0 Å². The summed E-state index contributed by atoms with van der Waals surface area (Å²) >= 11 is 0. The molecule has 1 aromatic heterocycles. The van der Waals surface area contributed by atoms with Crippen LogP contribution in [0.5, 0.6) is 0 Å². The van der Waals surface area contributed by atoms with E-state index in [-0.39, 0.29) is 18.9 Å². The smallest absolute Gasteiger partial charge is 0.305 e. The second kappa shape index (κ2) is 5.56. The van der Waals surface area contributed by atoms with E-state index in [1.807, 2.05) is 25.1 Å². The zero-order chi connectivity index (χ0) is 13.8. The minimum Gasteiger partial charge on any atom is -0.481 e. The number of furan rings is 1. The lowest BCUT2D eigenvalue weighted by Crippen LogP contribution is -2.32. The Labute approximate surface area is 110 Å². The molecule has 1 heterocycles. The fourth-order valence-corrected chi connectivity index (χ4v) is 1.95. The lowest BCUT2D eigenvalue weighted by Gasteiger charge is -2.19. The van der Waals surface area contributed by atoms with Gasteiger partial charge in [0.15, 0.2) is 0 Å². The van der Waals surface area contributed by atoms with E-state index in [9.17, 15) is 9.59 Å². The Bertz CT molecular complexity index is 602. The highest BCUT2D eigenvalue weighted by Crippen LogP contribution is 2.22. The highest BCUT2D eigenvalue weighted by Gasteiger charge is 2.19. The third-order valence-electron chi connectivity index (χ3n) is 2.98. The van der Waals surface area contributed by atoms with Gasteiger partial charge in [-0.05, 0) is 13.0 Å². The summed E-state index contributed by atoms with van der Waals surface area (Å²) in [6, 6.07) is 7.28. The van der Waals surface area contributed by atoms with Gasteiger partial charge in [-0.25, -0.2) is 0 Å². The number of carbonyl (C=O) groups is 2. The number of carbonyl (C=O) groups excluding carboxylic acids is 1. The van der Waals surface area contributed by atoms with Crippen LogP contribution in [-0.4, -0.2) is 35.0 Å². The SMILES string of the molecule is CCN(CCC(=O)O)C(=O)c1coc2ccccc12. The lowest BCUT2D eigenvalue weighted by atomic mass is 10.1. The first-order valence-corrected chi connectivity index (χ1v) is 6.10. The molecule has 0 aliphatic rings. The summed E-state index contributed by atoms with van der Waals surface area (Å²) in [5.41, 5.74) is 1.13. The largest absolute Gasteiger partial charge is 0.481 e. The van der Waals surface area contributed by atoms with Crippen molar-refractivity contribution in [1.29, 1.82) is 0 Å². The summed E-state index contributed by atoms with van der Waals surface area (Å²) in [6.45, 7) is 2.48. The van der Waals surface area contributed by atoms with Gasteiger partial charge >= 0.3 is 5.97 Å². The van der Waals surface area contributed by atoms with Crippen molar-refractivity contribution >= 4 is 22.8 Å². The molecule has 0 atom stereocenters. The van der Waals surface area contributed by atoms with Gasteiger partial charge in [-0.1, -0.05) is 18.2 Å². The average molecular weight is 261 g/mol. The molecule has 0 aliphatic carbocycles. The summed E-state index contributed by atoms with van der Waals surface area (Å²) in [5.74, 6) is -1.11. The molecule has 5 nitrogen and oxygen atoms in total. The maximum absolute atomic E-state index is 12.3.